The van der Waals surface area contributed by atoms with Crippen LogP contribution in [0.3, 0.4) is 0 Å². The molecule has 5 nitrogen and oxygen atoms in total. The highest BCUT2D eigenvalue weighted by molar-refractivity contribution is 8.14. The van der Waals surface area contributed by atoms with E-state index in [0.717, 1.165) is 28.5 Å². The Kier molecular flexibility index (Phi) is 4.28. The molecule has 1 N–H and O–H groups in total. The maximum atomic E-state index is 12.3. The van der Waals surface area contributed by atoms with Gasteiger partial charge in [-0.3, -0.25) is 4.79 Å². The van der Waals surface area contributed by atoms with Crippen molar-refractivity contribution in [3.05, 3.63) is 59.7 Å². The normalized spacial score (nSPS) is 17.7. The van der Waals surface area contributed by atoms with Gasteiger partial charge in [0, 0.05) is 23.9 Å². The topological polar surface area (TPSA) is 57.1 Å². The number of nitrogens with zero attached hydrogens (tertiary/aromatic N) is 3. The number of benzene rings is 2. The van der Waals surface area contributed by atoms with Gasteiger partial charge >= 0.3 is 0 Å². The molecule has 2 aliphatic heterocycles. The van der Waals surface area contributed by atoms with Crippen LogP contribution in [-0.2, 0) is 4.79 Å². The first-order valence-corrected chi connectivity index (χ1v) is 9.18. The molecule has 0 aliphatic carbocycles. The summed E-state index contributed by atoms with van der Waals surface area (Å²) in [6.45, 7) is 1.98. The molecule has 2 aromatic carbocycles. The fourth-order valence-corrected chi connectivity index (χ4v) is 3.81. The maximum absolute atomic E-state index is 12.3. The highest BCUT2D eigenvalue weighted by Gasteiger charge is 2.32. The molecule has 126 valence electrons. The number of para-hydroxylation sites is 2. The molecular formula is C19H18N4OS. The van der Waals surface area contributed by atoms with Crippen LogP contribution in [0.25, 0.3) is 0 Å². The molecule has 0 saturated heterocycles. The van der Waals surface area contributed by atoms with E-state index < -0.39 is 0 Å². The quantitative estimate of drug-likeness (QED) is 0.907. The van der Waals surface area contributed by atoms with Crippen LogP contribution in [0.1, 0.15) is 23.6 Å². The highest BCUT2D eigenvalue weighted by Crippen LogP contribution is 2.40. The van der Waals surface area contributed by atoms with E-state index in [1.54, 1.807) is 0 Å². The zero-order valence-corrected chi connectivity index (χ0v) is 14.7. The summed E-state index contributed by atoms with van der Waals surface area (Å²) in [5.41, 5.74) is 4.06. The van der Waals surface area contributed by atoms with Gasteiger partial charge in [0.25, 0.3) is 0 Å². The second-order valence-electron chi connectivity index (χ2n) is 6.00. The van der Waals surface area contributed by atoms with Crippen LogP contribution in [0.5, 0.6) is 0 Å². The van der Waals surface area contributed by atoms with Crippen molar-refractivity contribution in [3.8, 4) is 0 Å². The van der Waals surface area contributed by atoms with E-state index in [1.165, 1.54) is 17.3 Å². The Balaban J connectivity index is 1.47. The number of rotatable bonds is 3. The first-order chi connectivity index (χ1) is 12.2. The number of aliphatic imine (C=N–C) groups is 1. The van der Waals surface area contributed by atoms with E-state index in [4.69, 9.17) is 4.99 Å². The fraction of sp³-hybridized carbons (Fsp3) is 0.211. The largest absolute Gasteiger partial charge is 0.325 e. The lowest BCUT2D eigenvalue weighted by atomic mass is 10.0. The second kappa shape index (κ2) is 6.72. The molecule has 0 fully saturated rings. The minimum Gasteiger partial charge on any atom is -0.325 e. The Morgan fingerprint density at radius 1 is 1.24 bits per heavy atom. The van der Waals surface area contributed by atoms with E-state index in [-0.39, 0.29) is 11.9 Å². The third kappa shape index (κ3) is 3.17. The summed E-state index contributed by atoms with van der Waals surface area (Å²) in [4.78, 5) is 17.0. The lowest BCUT2D eigenvalue weighted by Crippen LogP contribution is -2.29. The summed E-state index contributed by atoms with van der Waals surface area (Å²) in [7, 11) is 0. The lowest BCUT2D eigenvalue weighted by Gasteiger charge is -2.29. The number of nitrogens with one attached hydrogen (secondary N) is 1. The van der Waals surface area contributed by atoms with Crippen molar-refractivity contribution < 1.29 is 4.79 Å². The van der Waals surface area contributed by atoms with E-state index >= 15 is 0 Å². The number of amidine groups is 1. The van der Waals surface area contributed by atoms with Gasteiger partial charge in [0.1, 0.15) is 0 Å². The molecule has 2 aliphatic rings. The maximum Gasteiger partial charge on any atom is 0.234 e. The van der Waals surface area contributed by atoms with E-state index in [9.17, 15) is 4.79 Å². The number of hydrogen-bond acceptors (Lipinski definition) is 5. The number of hydrazone groups is 1. The van der Waals surface area contributed by atoms with Gasteiger partial charge in [0.15, 0.2) is 5.17 Å². The van der Waals surface area contributed by atoms with E-state index in [1.807, 2.05) is 60.6 Å². The van der Waals surface area contributed by atoms with E-state index in [0.29, 0.717) is 5.75 Å². The molecule has 1 atom stereocenters. The number of carbonyl (C=O) groups is 1. The average molecular weight is 350 g/mol. The third-order valence-corrected chi connectivity index (χ3v) is 5.23. The van der Waals surface area contributed by atoms with Crippen LogP contribution in [0, 0.1) is 6.92 Å². The standard InChI is InChI=1S/C19H18N4OS/c1-13-6-2-4-8-15(13)21-18(24)12-25-19-22-16-9-5-3-7-14(16)17-10-11-20-23(17)19/h2-9,11,17H,10,12H2,1H3,(H,21,24). The van der Waals surface area contributed by atoms with Gasteiger partial charge in [-0.25, -0.2) is 10.0 Å². The highest BCUT2D eigenvalue weighted by atomic mass is 32.2. The molecule has 1 unspecified atom stereocenters. The van der Waals surface area contributed by atoms with Gasteiger partial charge in [0.2, 0.25) is 5.91 Å². The summed E-state index contributed by atoms with van der Waals surface area (Å²) in [6.07, 6.45) is 2.78. The molecule has 6 heteroatoms. The van der Waals surface area contributed by atoms with Crippen LogP contribution in [0.15, 0.2) is 58.6 Å². The second-order valence-corrected chi connectivity index (χ2v) is 6.94. The van der Waals surface area contributed by atoms with Crippen molar-refractivity contribution in [2.24, 2.45) is 10.1 Å². The van der Waals surface area contributed by atoms with Crippen molar-refractivity contribution in [1.82, 2.24) is 5.01 Å². The van der Waals surface area contributed by atoms with Gasteiger partial charge in [-0.1, -0.05) is 48.2 Å². The number of hydrogen-bond donors (Lipinski definition) is 1. The SMILES string of the molecule is Cc1ccccc1NC(=O)CSC1=Nc2ccccc2C2CC=NN12. The van der Waals surface area contributed by atoms with Crippen LogP contribution in [0.4, 0.5) is 11.4 Å². The molecule has 2 heterocycles. The van der Waals surface area contributed by atoms with Crippen molar-refractivity contribution in [2.45, 2.75) is 19.4 Å². The van der Waals surface area contributed by atoms with Crippen molar-refractivity contribution in [3.63, 3.8) is 0 Å². The number of carbonyl (C=O) groups excluding carboxylic acids is 1. The predicted octanol–water partition coefficient (Wildman–Crippen LogP) is 4.10. The van der Waals surface area contributed by atoms with Gasteiger partial charge < -0.3 is 5.32 Å². The zero-order valence-electron chi connectivity index (χ0n) is 13.8. The number of aryl methyl sites for hydroxylation is 1. The van der Waals surface area contributed by atoms with Crippen LogP contribution in [0.2, 0.25) is 0 Å². The van der Waals surface area contributed by atoms with Crippen LogP contribution in [-0.4, -0.2) is 28.1 Å². The number of amides is 1. The summed E-state index contributed by atoms with van der Waals surface area (Å²) >= 11 is 1.42. The first-order valence-electron chi connectivity index (χ1n) is 8.20. The van der Waals surface area contributed by atoms with Crippen LogP contribution >= 0.6 is 11.8 Å². The van der Waals surface area contributed by atoms with Gasteiger partial charge in [-0.05, 0) is 24.6 Å². The van der Waals surface area contributed by atoms with Crippen molar-refractivity contribution >= 4 is 40.4 Å². The Morgan fingerprint density at radius 3 is 2.92 bits per heavy atom. The molecule has 0 bridgehead atoms. The Morgan fingerprint density at radius 2 is 2.04 bits per heavy atom. The molecule has 0 aromatic heterocycles. The molecule has 2 aromatic rings. The predicted molar refractivity (Wildman–Crippen MR) is 103 cm³/mol. The minimum absolute atomic E-state index is 0.0411. The van der Waals surface area contributed by atoms with Gasteiger partial charge in [-0.2, -0.15) is 5.10 Å². The smallest absolute Gasteiger partial charge is 0.234 e. The third-order valence-electron chi connectivity index (χ3n) is 4.29. The monoisotopic (exact) mass is 350 g/mol. The Bertz CT molecular complexity index is 877. The molecule has 0 radical (unpaired) electrons. The number of anilines is 1. The van der Waals surface area contributed by atoms with Crippen LogP contribution < -0.4 is 5.32 Å². The lowest BCUT2D eigenvalue weighted by molar-refractivity contribution is -0.113. The van der Waals surface area contributed by atoms with E-state index in [2.05, 4.69) is 16.5 Å². The fourth-order valence-electron chi connectivity index (χ4n) is 3.01. The summed E-state index contributed by atoms with van der Waals surface area (Å²) in [6, 6.07) is 16.1. The Labute approximate surface area is 150 Å². The summed E-state index contributed by atoms with van der Waals surface area (Å²) in [5.74, 6) is 0.259. The van der Waals surface area contributed by atoms with Crippen molar-refractivity contribution in [2.75, 3.05) is 11.1 Å². The number of thioether (sulfide) groups is 1. The minimum atomic E-state index is -0.0411. The first kappa shape index (κ1) is 15.9. The average Bonchev–Trinajstić information content (AvgIpc) is 3.12. The van der Waals surface area contributed by atoms with Crippen molar-refractivity contribution in [1.29, 1.82) is 0 Å². The summed E-state index contributed by atoms with van der Waals surface area (Å²) < 4.78 is 0. The summed E-state index contributed by atoms with van der Waals surface area (Å²) in [5, 5.41) is 10.1. The molecular weight excluding hydrogens is 332 g/mol. The molecule has 25 heavy (non-hydrogen) atoms. The Hall–Kier alpha value is -2.60. The van der Waals surface area contributed by atoms with Gasteiger partial charge in [-0.15, -0.1) is 0 Å². The van der Waals surface area contributed by atoms with Gasteiger partial charge in [0.05, 0.1) is 17.5 Å². The molecule has 4 rings (SSSR count). The zero-order chi connectivity index (χ0) is 17.2. The molecule has 0 spiro atoms. The number of fused-ring (bicyclic) bond motifs is 3. The molecule has 1 amide bonds. The molecule has 0 saturated carbocycles.